The molecule has 0 radical (unpaired) electrons. The third-order valence-electron chi connectivity index (χ3n) is 6.91. The Morgan fingerprint density at radius 2 is 1.95 bits per heavy atom. The predicted molar refractivity (Wildman–Crippen MR) is 139 cm³/mol. The molecule has 5 heterocycles. The van der Waals surface area contributed by atoms with E-state index in [-0.39, 0.29) is 30.5 Å². The summed E-state index contributed by atoms with van der Waals surface area (Å²) in [5.41, 5.74) is 7.47. The van der Waals surface area contributed by atoms with E-state index in [0.717, 1.165) is 6.07 Å². The standard InChI is InChI=1S/C25H28F3N9O2/c26-15-10-16(27)21(39-22-14-30-13-17(22)28)12-19(15)36-7-5-35(6-8-36)4-3-31-25-32-23-11-18(20-2-1-9-38-20)34-37(23)24(29)33-25/h1-2,9-12,17,22,30H,3-8,13-14H2,(H3,29,31,32,33)/t17-,22+/m0/s1. The highest BCUT2D eigenvalue weighted by Gasteiger charge is 2.30. The SMILES string of the molecule is Nc1nc(NCCN2CCN(c3cc(O[C@@H]4CNC[C@@H]4F)c(F)cc3F)CC2)nc2cc(-c3ccco3)nn12. The summed E-state index contributed by atoms with van der Waals surface area (Å²) in [6.45, 7) is 4.13. The second-order valence-electron chi connectivity index (χ2n) is 9.50. The van der Waals surface area contributed by atoms with Crippen LogP contribution in [0.2, 0.25) is 0 Å². The van der Waals surface area contributed by atoms with E-state index in [1.807, 2.05) is 4.90 Å². The number of halogens is 3. The first kappa shape index (κ1) is 25.2. The van der Waals surface area contributed by atoms with Gasteiger partial charge in [0, 0.05) is 70.6 Å². The van der Waals surface area contributed by atoms with Crippen LogP contribution in [0.1, 0.15) is 0 Å². The number of alkyl halides is 1. The van der Waals surface area contributed by atoms with Gasteiger partial charge in [-0.1, -0.05) is 0 Å². The summed E-state index contributed by atoms with van der Waals surface area (Å²) in [7, 11) is 0. The molecule has 4 aromatic rings. The molecule has 0 amide bonds. The van der Waals surface area contributed by atoms with Crippen molar-refractivity contribution in [2.24, 2.45) is 0 Å². The number of nitrogens with two attached hydrogens (primary N) is 1. The minimum absolute atomic E-state index is 0.139. The van der Waals surface area contributed by atoms with Crippen LogP contribution in [-0.2, 0) is 0 Å². The van der Waals surface area contributed by atoms with Gasteiger partial charge in [-0.25, -0.2) is 13.2 Å². The second kappa shape index (κ2) is 10.6. The van der Waals surface area contributed by atoms with Crippen LogP contribution in [0.3, 0.4) is 0 Å². The minimum atomic E-state index is -1.24. The summed E-state index contributed by atoms with van der Waals surface area (Å²) >= 11 is 0. The highest BCUT2D eigenvalue weighted by molar-refractivity contribution is 5.61. The monoisotopic (exact) mass is 543 g/mol. The number of nitrogen functional groups attached to an aromatic ring is 1. The lowest BCUT2D eigenvalue weighted by atomic mass is 10.2. The third kappa shape index (κ3) is 5.29. The van der Waals surface area contributed by atoms with Gasteiger partial charge in [0.05, 0.1) is 12.0 Å². The lowest BCUT2D eigenvalue weighted by Crippen LogP contribution is -2.48. The molecule has 11 nitrogen and oxygen atoms in total. The molecule has 2 saturated heterocycles. The summed E-state index contributed by atoms with van der Waals surface area (Å²) in [6, 6.07) is 7.49. The molecule has 0 bridgehead atoms. The van der Waals surface area contributed by atoms with Gasteiger partial charge in [-0.15, -0.1) is 0 Å². The van der Waals surface area contributed by atoms with Crippen LogP contribution >= 0.6 is 0 Å². The van der Waals surface area contributed by atoms with Crippen molar-refractivity contribution in [1.29, 1.82) is 0 Å². The van der Waals surface area contributed by atoms with Gasteiger partial charge in [0.15, 0.2) is 29.1 Å². The van der Waals surface area contributed by atoms with Crippen LogP contribution in [0, 0.1) is 11.6 Å². The summed E-state index contributed by atoms with van der Waals surface area (Å²) in [5, 5.41) is 10.4. The van der Waals surface area contributed by atoms with E-state index in [1.54, 1.807) is 24.5 Å². The van der Waals surface area contributed by atoms with Crippen molar-refractivity contribution in [3.63, 3.8) is 0 Å². The van der Waals surface area contributed by atoms with Crippen molar-refractivity contribution in [3.05, 3.63) is 48.2 Å². The van der Waals surface area contributed by atoms with Crippen LogP contribution < -0.4 is 26.0 Å². The fourth-order valence-corrected chi connectivity index (χ4v) is 4.82. The maximum Gasteiger partial charge on any atom is 0.228 e. The maximum absolute atomic E-state index is 14.6. The van der Waals surface area contributed by atoms with Crippen molar-refractivity contribution in [2.75, 3.05) is 68.3 Å². The molecule has 6 rings (SSSR count). The Labute approximate surface area is 221 Å². The molecule has 2 aliphatic rings. The van der Waals surface area contributed by atoms with Gasteiger partial charge in [0.1, 0.15) is 17.6 Å². The summed E-state index contributed by atoms with van der Waals surface area (Å²) in [4.78, 5) is 12.8. The van der Waals surface area contributed by atoms with Crippen LogP contribution in [0.25, 0.3) is 17.1 Å². The van der Waals surface area contributed by atoms with Gasteiger partial charge in [0.25, 0.3) is 0 Å². The number of fused-ring (bicyclic) bond motifs is 1. The Bertz CT molecular complexity index is 1440. The molecule has 206 valence electrons. The molecule has 14 heteroatoms. The molecule has 0 saturated carbocycles. The highest BCUT2D eigenvalue weighted by Crippen LogP contribution is 2.30. The van der Waals surface area contributed by atoms with Gasteiger partial charge >= 0.3 is 0 Å². The molecule has 0 unspecified atom stereocenters. The summed E-state index contributed by atoms with van der Waals surface area (Å²) < 4.78 is 55.2. The molecule has 1 aromatic carbocycles. The maximum atomic E-state index is 14.6. The van der Waals surface area contributed by atoms with E-state index in [9.17, 15) is 13.2 Å². The van der Waals surface area contributed by atoms with E-state index in [4.69, 9.17) is 14.9 Å². The predicted octanol–water partition coefficient (Wildman–Crippen LogP) is 2.17. The molecule has 0 spiro atoms. The fourth-order valence-electron chi connectivity index (χ4n) is 4.82. The number of rotatable bonds is 8. The number of nitrogens with zero attached hydrogens (tertiary/aromatic N) is 6. The van der Waals surface area contributed by atoms with Gasteiger partial charge in [0.2, 0.25) is 11.9 Å². The average molecular weight is 544 g/mol. The number of benzene rings is 1. The average Bonchev–Trinajstić information content (AvgIpc) is 3.68. The van der Waals surface area contributed by atoms with E-state index in [0.29, 0.717) is 62.3 Å². The first-order valence-electron chi connectivity index (χ1n) is 12.7. The lowest BCUT2D eigenvalue weighted by Gasteiger charge is -2.36. The topological polar surface area (TPSA) is 122 Å². The first-order chi connectivity index (χ1) is 18.9. The van der Waals surface area contributed by atoms with Gasteiger partial charge in [-0.05, 0) is 12.1 Å². The summed E-state index contributed by atoms with van der Waals surface area (Å²) in [6.07, 6.45) is -0.465. The zero-order valence-corrected chi connectivity index (χ0v) is 21.0. The molecule has 2 aliphatic heterocycles. The normalized spacial score (nSPS) is 20.1. The van der Waals surface area contributed by atoms with E-state index in [1.165, 1.54) is 10.6 Å². The first-order valence-corrected chi connectivity index (χ1v) is 12.7. The Morgan fingerprint density at radius 1 is 1.10 bits per heavy atom. The van der Waals surface area contributed by atoms with Crippen LogP contribution in [0.15, 0.2) is 41.0 Å². The number of furan rings is 1. The molecule has 3 aromatic heterocycles. The van der Waals surface area contributed by atoms with Crippen molar-refractivity contribution < 1.29 is 22.3 Å². The third-order valence-corrected chi connectivity index (χ3v) is 6.91. The number of hydrogen-bond acceptors (Lipinski definition) is 10. The molecule has 2 fully saturated rings. The number of ether oxygens (including phenoxy) is 1. The Morgan fingerprint density at radius 3 is 2.69 bits per heavy atom. The minimum Gasteiger partial charge on any atom is -0.483 e. The number of anilines is 3. The molecular formula is C25H28F3N9O2. The lowest BCUT2D eigenvalue weighted by molar-refractivity contribution is 0.134. The van der Waals surface area contributed by atoms with Gasteiger partial charge < -0.3 is 30.4 Å². The van der Waals surface area contributed by atoms with Crippen molar-refractivity contribution >= 4 is 23.2 Å². The number of hydrogen-bond donors (Lipinski definition) is 3. The number of piperazine rings is 1. The molecular weight excluding hydrogens is 515 g/mol. The van der Waals surface area contributed by atoms with Crippen molar-refractivity contribution in [2.45, 2.75) is 12.3 Å². The largest absolute Gasteiger partial charge is 0.483 e. The highest BCUT2D eigenvalue weighted by atomic mass is 19.1. The zero-order valence-electron chi connectivity index (χ0n) is 21.0. The quantitative estimate of drug-likeness (QED) is 0.305. The Hall–Kier alpha value is -4.04. The second-order valence-corrected chi connectivity index (χ2v) is 9.50. The number of nitrogens with one attached hydrogen (secondary N) is 2. The molecule has 2 atom stereocenters. The van der Waals surface area contributed by atoms with Gasteiger partial charge in [-0.3, -0.25) is 4.90 Å². The van der Waals surface area contributed by atoms with Crippen LogP contribution in [0.5, 0.6) is 5.75 Å². The molecule has 0 aliphatic carbocycles. The van der Waals surface area contributed by atoms with Crippen LogP contribution in [0.4, 0.5) is 30.8 Å². The molecule has 39 heavy (non-hydrogen) atoms. The van der Waals surface area contributed by atoms with E-state index in [2.05, 4.69) is 30.6 Å². The molecule has 4 N–H and O–H groups in total. The number of aromatic nitrogens is 4. The zero-order chi connectivity index (χ0) is 26.9. The fraction of sp³-hybridized carbons (Fsp3) is 0.400. The van der Waals surface area contributed by atoms with Crippen molar-refractivity contribution in [3.8, 4) is 17.2 Å². The Kier molecular flexibility index (Phi) is 6.87. The Balaban J connectivity index is 1.03. The van der Waals surface area contributed by atoms with Crippen LogP contribution in [-0.4, -0.2) is 89.1 Å². The smallest absolute Gasteiger partial charge is 0.228 e. The van der Waals surface area contributed by atoms with E-state index < -0.39 is 23.9 Å². The van der Waals surface area contributed by atoms with E-state index >= 15 is 0 Å². The summed E-state index contributed by atoms with van der Waals surface area (Å²) in [5.74, 6) is -0.452. The van der Waals surface area contributed by atoms with Crippen molar-refractivity contribution in [1.82, 2.24) is 29.8 Å². The van der Waals surface area contributed by atoms with Gasteiger partial charge in [-0.2, -0.15) is 19.6 Å².